The van der Waals surface area contributed by atoms with Gasteiger partial charge in [0.15, 0.2) is 0 Å². The lowest BCUT2D eigenvalue weighted by atomic mass is 9.91. The van der Waals surface area contributed by atoms with Gasteiger partial charge in [0.2, 0.25) is 5.91 Å². The third-order valence-corrected chi connectivity index (χ3v) is 5.00. The molecule has 0 aromatic carbocycles. The van der Waals surface area contributed by atoms with Crippen LogP contribution in [0.1, 0.15) is 59.3 Å². The minimum absolute atomic E-state index is 0.219. The van der Waals surface area contributed by atoms with Crippen LogP contribution in [0.2, 0.25) is 0 Å². The third kappa shape index (κ3) is 7.72. The summed E-state index contributed by atoms with van der Waals surface area (Å²) in [7, 11) is 3.27. The van der Waals surface area contributed by atoms with Gasteiger partial charge in [-0.2, -0.15) is 0 Å². The summed E-state index contributed by atoms with van der Waals surface area (Å²) in [6.45, 7) is 8.92. The second-order valence-corrected chi connectivity index (χ2v) is 8.48. The first kappa shape index (κ1) is 25.0. The highest BCUT2D eigenvalue weighted by atomic mass is 16.6. The van der Waals surface area contributed by atoms with Gasteiger partial charge in [-0.1, -0.05) is 18.9 Å². The molecule has 2 unspecified atom stereocenters. The minimum Gasteiger partial charge on any atom is -0.480 e. The van der Waals surface area contributed by atoms with Crippen LogP contribution < -0.4 is 5.32 Å². The first-order valence-corrected chi connectivity index (χ1v) is 10.2. The molecule has 1 fully saturated rings. The number of alkyl carbamates (subject to hydrolysis) is 1. The number of ether oxygens (including phenoxy) is 2. The molecule has 1 rings (SSSR count). The maximum Gasteiger partial charge on any atom is 0.408 e. The predicted octanol–water partition coefficient (Wildman–Crippen LogP) is 1.68. The van der Waals surface area contributed by atoms with E-state index in [-0.39, 0.29) is 12.5 Å². The smallest absolute Gasteiger partial charge is 0.408 e. The van der Waals surface area contributed by atoms with Crippen LogP contribution in [0, 0.1) is 0 Å². The largest absolute Gasteiger partial charge is 0.480 e. The zero-order valence-electron chi connectivity index (χ0n) is 18.3. The molecule has 0 aromatic rings. The van der Waals surface area contributed by atoms with E-state index >= 15 is 0 Å². The number of rotatable bonds is 10. The van der Waals surface area contributed by atoms with E-state index in [2.05, 4.69) is 11.9 Å². The number of carboxylic acids is 1. The Morgan fingerprint density at radius 1 is 1.31 bits per heavy atom. The fourth-order valence-electron chi connectivity index (χ4n) is 3.56. The fraction of sp³-hybridized carbons (Fsp3) is 0.750. The van der Waals surface area contributed by atoms with Crippen molar-refractivity contribution in [1.29, 1.82) is 0 Å². The zero-order chi connectivity index (χ0) is 22.2. The number of likely N-dealkylation sites (tertiary alicyclic amines) is 1. The Kier molecular flexibility index (Phi) is 9.69. The van der Waals surface area contributed by atoms with Crippen molar-refractivity contribution in [3.63, 3.8) is 0 Å². The number of methoxy groups -OCH3 is 1. The van der Waals surface area contributed by atoms with Gasteiger partial charge >= 0.3 is 12.1 Å². The number of nitrogens with one attached hydrogen (secondary N) is 1. The van der Waals surface area contributed by atoms with Crippen molar-refractivity contribution in [1.82, 2.24) is 10.2 Å². The Balaban J connectivity index is 2.95. The summed E-state index contributed by atoms with van der Waals surface area (Å²) in [6, 6.07) is -1.83. The summed E-state index contributed by atoms with van der Waals surface area (Å²) in [5.74, 6) is -1.90. The van der Waals surface area contributed by atoms with E-state index in [0.717, 1.165) is 19.3 Å². The molecule has 2 N–H and O–H groups in total. The summed E-state index contributed by atoms with van der Waals surface area (Å²) in [6.07, 6.45) is 4.84. The molecule has 4 atom stereocenters. The summed E-state index contributed by atoms with van der Waals surface area (Å²) in [5, 5.41) is 12.2. The van der Waals surface area contributed by atoms with Crippen molar-refractivity contribution >= 4 is 25.8 Å². The number of carboxylic acid groups (broad SMARTS) is 1. The van der Waals surface area contributed by atoms with Crippen LogP contribution in [0.4, 0.5) is 4.79 Å². The molecule has 0 radical (unpaired) electrons. The number of nitrogens with zero attached hydrogens (tertiary/aromatic N) is 1. The van der Waals surface area contributed by atoms with Gasteiger partial charge in [0, 0.05) is 19.5 Å². The highest BCUT2D eigenvalue weighted by molar-refractivity contribution is 6.14. The van der Waals surface area contributed by atoms with Gasteiger partial charge in [0.05, 0.1) is 6.10 Å². The van der Waals surface area contributed by atoms with E-state index in [4.69, 9.17) is 9.47 Å². The summed E-state index contributed by atoms with van der Waals surface area (Å²) in [5.41, 5.74) is -0.701. The van der Waals surface area contributed by atoms with E-state index < -0.39 is 41.6 Å². The maximum atomic E-state index is 13.3. The van der Waals surface area contributed by atoms with Gasteiger partial charge < -0.3 is 24.8 Å². The molecule has 0 aliphatic carbocycles. The number of carbonyl (C=O) groups excluding carboxylic acids is 2. The molecule has 164 valence electrons. The van der Waals surface area contributed by atoms with Crippen LogP contribution in [-0.2, 0) is 19.1 Å². The van der Waals surface area contributed by atoms with Crippen molar-refractivity contribution in [2.75, 3.05) is 7.11 Å². The highest BCUT2D eigenvalue weighted by Crippen LogP contribution is 2.27. The van der Waals surface area contributed by atoms with Crippen LogP contribution in [0.5, 0.6) is 0 Å². The standard InChI is InChI=1S/C20H35BN2O6/c1-6-7-8-9-10-11-13(22-19(27)29-20(2,3)4)17(24)23-14(18(25)26)12-15(28-5)16(23)21/h6,13-16H,1,7-12,21H2,2-5H3,(H,22,27)(H,25,26)/t13-,14-,15?,16?/m0/s1. The lowest BCUT2D eigenvalue weighted by Gasteiger charge is -2.32. The average Bonchev–Trinajstić information content (AvgIpc) is 2.95. The molecule has 1 aliphatic heterocycles. The first-order valence-electron chi connectivity index (χ1n) is 10.2. The number of allylic oxidation sites excluding steroid dienone is 1. The molecular formula is C20H35BN2O6. The Morgan fingerprint density at radius 3 is 2.48 bits per heavy atom. The monoisotopic (exact) mass is 410 g/mol. The van der Waals surface area contributed by atoms with Crippen LogP contribution in [0.15, 0.2) is 12.7 Å². The molecule has 0 aromatic heterocycles. The maximum absolute atomic E-state index is 13.3. The van der Waals surface area contributed by atoms with E-state index in [0.29, 0.717) is 12.8 Å². The van der Waals surface area contributed by atoms with Crippen LogP contribution >= 0.6 is 0 Å². The molecule has 29 heavy (non-hydrogen) atoms. The Labute approximate surface area is 174 Å². The fourth-order valence-corrected chi connectivity index (χ4v) is 3.56. The second kappa shape index (κ2) is 11.2. The average molecular weight is 410 g/mol. The van der Waals surface area contributed by atoms with Gasteiger partial charge in [-0.05, 0) is 40.0 Å². The Bertz CT molecular complexity index is 592. The molecule has 1 aliphatic rings. The van der Waals surface area contributed by atoms with Crippen molar-refractivity contribution in [2.24, 2.45) is 0 Å². The van der Waals surface area contributed by atoms with Crippen LogP contribution in [0.3, 0.4) is 0 Å². The third-order valence-electron chi connectivity index (χ3n) is 5.00. The quantitative estimate of drug-likeness (QED) is 0.323. The number of hydrogen-bond donors (Lipinski definition) is 2. The van der Waals surface area contributed by atoms with Gasteiger partial charge in [0.25, 0.3) is 0 Å². The summed E-state index contributed by atoms with van der Waals surface area (Å²) >= 11 is 0. The van der Waals surface area contributed by atoms with Gasteiger partial charge in [-0.25, -0.2) is 9.59 Å². The molecule has 0 saturated carbocycles. The second-order valence-electron chi connectivity index (χ2n) is 8.48. The van der Waals surface area contributed by atoms with Crippen LogP contribution in [-0.4, -0.2) is 72.7 Å². The number of hydrogen-bond acceptors (Lipinski definition) is 5. The van der Waals surface area contributed by atoms with E-state index in [1.807, 2.05) is 6.08 Å². The van der Waals surface area contributed by atoms with Crippen molar-refractivity contribution in [3.8, 4) is 0 Å². The van der Waals surface area contributed by atoms with Crippen molar-refractivity contribution in [3.05, 3.63) is 12.7 Å². The lowest BCUT2D eigenvalue weighted by Crippen LogP contribution is -2.55. The molecule has 2 amide bonds. The van der Waals surface area contributed by atoms with Crippen LogP contribution in [0.25, 0.3) is 0 Å². The molecular weight excluding hydrogens is 375 g/mol. The van der Waals surface area contributed by atoms with Gasteiger partial charge in [-0.3, -0.25) is 4.79 Å². The molecule has 0 spiro atoms. The van der Waals surface area contributed by atoms with Crippen molar-refractivity contribution in [2.45, 2.75) is 89.0 Å². The Morgan fingerprint density at radius 2 is 1.97 bits per heavy atom. The number of unbranched alkanes of at least 4 members (excludes halogenated alkanes) is 3. The zero-order valence-corrected chi connectivity index (χ0v) is 18.3. The van der Waals surface area contributed by atoms with Gasteiger partial charge in [-0.15, -0.1) is 6.58 Å². The number of aliphatic carboxylic acids is 1. The Hall–Kier alpha value is -2.03. The number of carbonyl (C=O) groups is 3. The lowest BCUT2D eigenvalue weighted by molar-refractivity contribution is -0.149. The molecule has 1 heterocycles. The first-order chi connectivity index (χ1) is 13.5. The van der Waals surface area contributed by atoms with E-state index in [1.165, 1.54) is 12.0 Å². The van der Waals surface area contributed by atoms with E-state index in [1.54, 1.807) is 28.6 Å². The molecule has 1 saturated heterocycles. The summed E-state index contributed by atoms with van der Waals surface area (Å²) < 4.78 is 10.7. The predicted molar refractivity (Wildman–Crippen MR) is 112 cm³/mol. The topological polar surface area (TPSA) is 105 Å². The normalized spacial score (nSPS) is 22.8. The van der Waals surface area contributed by atoms with Crippen molar-refractivity contribution < 1.29 is 29.0 Å². The molecule has 9 heteroatoms. The molecule has 0 bridgehead atoms. The summed E-state index contributed by atoms with van der Waals surface area (Å²) in [4.78, 5) is 38.6. The van der Waals surface area contributed by atoms with E-state index in [9.17, 15) is 19.5 Å². The molecule has 8 nitrogen and oxygen atoms in total. The van der Waals surface area contributed by atoms with Gasteiger partial charge in [0.1, 0.15) is 25.5 Å². The highest BCUT2D eigenvalue weighted by Gasteiger charge is 2.46. The minimum atomic E-state index is -1.08. The number of amides is 2. The SMILES string of the molecule is BC1C(OC)C[C@@H](C(=O)O)N1C(=O)[C@H](CCCCCC=C)NC(=O)OC(C)(C)C.